The second kappa shape index (κ2) is 7.74. The number of nitrogens with zero attached hydrogens (tertiary/aromatic N) is 2. The van der Waals surface area contributed by atoms with Crippen LogP contribution in [0, 0.1) is 0 Å². The zero-order chi connectivity index (χ0) is 14.1. The van der Waals surface area contributed by atoms with Crippen molar-refractivity contribution in [3.8, 4) is 0 Å². The summed E-state index contributed by atoms with van der Waals surface area (Å²) in [7, 11) is 1.77. The Bertz CT molecular complexity index is 381. The molecular formula is C14H25N5. The number of rotatable bonds is 5. The molecule has 0 bridgehead atoms. The second-order valence-electron chi connectivity index (χ2n) is 5.35. The van der Waals surface area contributed by atoms with Gasteiger partial charge in [-0.15, -0.1) is 0 Å². The van der Waals surface area contributed by atoms with Gasteiger partial charge in [0.15, 0.2) is 5.96 Å². The predicted octanol–water partition coefficient (Wildman–Crippen LogP) is 1.13. The topological polar surface area (TPSA) is 61.3 Å². The number of nitrogens with one attached hydrogen (secondary N) is 3. The number of guanidine groups is 1. The average Bonchev–Trinajstić information content (AvgIpc) is 2.38. The monoisotopic (exact) mass is 263 g/mol. The molecule has 0 radical (unpaired) electrons. The first kappa shape index (κ1) is 15.4. The van der Waals surface area contributed by atoms with Crippen LogP contribution >= 0.6 is 0 Å². The van der Waals surface area contributed by atoms with E-state index in [4.69, 9.17) is 0 Å². The Balaban J connectivity index is 2.24. The van der Waals surface area contributed by atoms with E-state index in [1.54, 1.807) is 13.2 Å². The summed E-state index contributed by atoms with van der Waals surface area (Å²) >= 11 is 0. The highest BCUT2D eigenvalue weighted by Gasteiger charge is 2.07. The van der Waals surface area contributed by atoms with E-state index in [1.807, 2.05) is 18.2 Å². The molecule has 0 aliphatic carbocycles. The van der Waals surface area contributed by atoms with Gasteiger partial charge in [-0.05, 0) is 32.9 Å². The van der Waals surface area contributed by atoms with Crippen LogP contribution < -0.4 is 16.0 Å². The molecule has 0 aliphatic rings. The zero-order valence-corrected chi connectivity index (χ0v) is 12.3. The molecule has 106 valence electrons. The lowest BCUT2D eigenvalue weighted by molar-refractivity contribution is 0.428. The number of aliphatic imine (C=N–C) groups is 1. The minimum absolute atomic E-state index is 0.145. The Morgan fingerprint density at radius 3 is 2.58 bits per heavy atom. The van der Waals surface area contributed by atoms with Gasteiger partial charge in [-0.1, -0.05) is 6.07 Å². The van der Waals surface area contributed by atoms with Gasteiger partial charge in [-0.25, -0.2) is 0 Å². The maximum absolute atomic E-state index is 4.26. The Labute approximate surface area is 115 Å². The fraction of sp³-hybridized carbons (Fsp3) is 0.571. The smallest absolute Gasteiger partial charge is 0.191 e. The number of hydrogen-bond donors (Lipinski definition) is 3. The van der Waals surface area contributed by atoms with Crippen molar-refractivity contribution in [2.24, 2.45) is 4.99 Å². The molecule has 0 unspecified atom stereocenters. The second-order valence-corrected chi connectivity index (χ2v) is 5.35. The molecule has 0 fully saturated rings. The van der Waals surface area contributed by atoms with Crippen molar-refractivity contribution in [2.45, 2.75) is 32.9 Å². The first-order chi connectivity index (χ1) is 9.01. The van der Waals surface area contributed by atoms with Gasteiger partial charge >= 0.3 is 0 Å². The zero-order valence-electron chi connectivity index (χ0n) is 12.3. The van der Waals surface area contributed by atoms with Crippen LogP contribution in [0.25, 0.3) is 0 Å². The minimum Gasteiger partial charge on any atom is -0.355 e. The number of aromatic nitrogens is 1. The normalized spacial score (nSPS) is 12.3. The van der Waals surface area contributed by atoms with E-state index in [1.165, 1.54) is 0 Å². The molecule has 3 N–H and O–H groups in total. The van der Waals surface area contributed by atoms with Gasteiger partial charge in [0.25, 0.3) is 0 Å². The van der Waals surface area contributed by atoms with Crippen LogP contribution in [0.4, 0.5) is 0 Å². The van der Waals surface area contributed by atoms with Crippen LogP contribution in [-0.4, -0.2) is 36.6 Å². The van der Waals surface area contributed by atoms with E-state index in [2.05, 4.69) is 46.7 Å². The Hall–Kier alpha value is -1.62. The Kier molecular flexibility index (Phi) is 6.29. The van der Waals surface area contributed by atoms with Crippen molar-refractivity contribution < 1.29 is 0 Å². The summed E-state index contributed by atoms with van der Waals surface area (Å²) in [6.45, 7) is 8.86. The molecular weight excluding hydrogens is 238 g/mol. The molecule has 0 atom stereocenters. The molecule has 0 saturated heterocycles. The van der Waals surface area contributed by atoms with Crippen LogP contribution in [0.1, 0.15) is 26.5 Å². The van der Waals surface area contributed by atoms with Gasteiger partial charge in [0, 0.05) is 31.9 Å². The van der Waals surface area contributed by atoms with Crippen LogP contribution in [-0.2, 0) is 6.54 Å². The summed E-state index contributed by atoms with van der Waals surface area (Å²) in [5, 5.41) is 9.91. The van der Waals surface area contributed by atoms with Crippen molar-refractivity contribution >= 4 is 5.96 Å². The summed E-state index contributed by atoms with van der Waals surface area (Å²) in [6.07, 6.45) is 1.79. The summed E-state index contributed by atoms with van der Waals surface area (Å²) < 4.78 is 0. The third-order valence-electron chi connectivity index (χ3n) is 2.46. The van der Waals surface area contributed by atoms with Crippen molar-refractivity contribution in [1.29, 1.82) is 0 Å². The Morgan fingerprint density at radius 2 is 2.00 bits per heavy atom. The van der Waals surface area contributed by atoms with Crippen LogP contribution in [0.5, 0.6) is 0 Å². The maximum Gasteiger partial charge on any atom is 0.191 e. The van der Waals surface area contributed by atoms with E-state index in [0.29, 0.717) is 6.54 Å². The Morgan fingerprint density at radius 1 is 1.21 bits per heavy atom. The summed E-state index contributed by atoms with van der Waals surface area (Å²) in [6, 6.07) is 5.88. The number of hydrogen-bond acceptors (Lipinski definition) is 3. The quantitative estimate of drug-likeness (QED) is 0.423. The van der Waals surface area contributed by atoms with Crippen LogP contribution in [0.2, 0.25) is 0 Å². The molecule has 19 heavy (non-hydrogen) atoms. The van der Waals surface area contributed by atoms with Gasteiger partial charge in [-0.3, -0.25) is 9.98 Å². The fourth-order valence-corrected chi connectivity index (χ4v) is 1.52. The molecule has 0 aromatic carbocycles. The lowest BCUT2D eigenvalue weighted by atomic mass is 10.1. The highest BCUT2D eigenvalue weighted by atomic mass is 15.2. The van der Waals surface area contributed by atoms with Crippen molar-refractivity contribution in [1.82, 2.24) is 20.9 Å². The molecule has 0 spiro atoms. The molecule has 0 aliphatic heterocycles. The molecule has 1 heterocycles. The molecule has 1 aromatic heterocycles. The van der Waals surface area contributed by atoms with E-state index in [0.717, 1.165) is 24.7 Å². The maximum atomic E-state index is 4.26. The fourth-order valence-electron chi connectivity index (χ4n) is 1.52. The third kappa shape index (κ3) is 7.41. The third-order valence-corrected chi connectivity index (χ3v) is 2.46. The lowest BCUT2D eigenvalue weighted by Gasteiger charge is -2.21. The first-order valence-corrected chi connectivity index (χ1v) is 6.61. The summed E-state index contributed by atoms with van der Waals surface area (Å²) in [4.78, 5) is 8.43. The molecule has 1 aromatic rings. The van der Waals surface area contributed by atoms with Gasteiger partial charge in [0.1, 0.15) is 0 Å². The lowest BCUT2D eigenvalue weighted by Crippen LogP contribution is -2.44. The summed E-state index contributed by atoms with van der Waals surface area (Å²) in [5.74, 6) is 0.793. The van der Waals surface area contributed by atoms with Crippen LogP contribution in [0.3, 0.4) is 0 Å². The number of pyridine rings is 1. The molecule has 0 saturated carbocycles. The first-order valence-electron chi connectivity index (χ1n) is 6.61. The van der Waals surface area contributed by atoms with E-state index >= 15 is 0 Å². The standard InChI is InChI=1S/C14H25N5/c1-14(2,3)19-10-9-17-13(15-4)18-11-12-7-5-6-8-16-12/h5-8,19H,9-11H2,1-4H3,(H2,15,17,18). The SMILES string of the molecule is CN=C(NCCNC(C)(C)C)NCc1ccccn1. The highest BCUT2D eigenvalue weighted by molar-refractivity contribution is 5.79. The van der Waals surface area contributed by atoms with Gasteiger partial charge in [0.05, 0.1) is 12.2 Å². The predicted molar refractivity (Wildman–Crippen MR) is 80.2 cm³/mol. The molecule has 5 heteroatoms. The van der Waals surface area contributed by atoms with Crippen molar-refractivity contribution in [3.05, 3.63) is 30.1 Å². The van der Waals surface area contributed by atoms with Gasteiger partial charge < -0.3 is 16.0 Å². The highest BCUT2D eigenvalue weighted by Crippen LogP contribution is 1.96. The van der Waals surface area contributed by atoms with Crippen molar-refractivity contribution in [3.63, 3.8) is 0 Å². The van der Waals surface area contributed by atoms with Gasteiger partial charge in [-0.2, -0.15) is 0 Å². The van der Waals surface area contributed by atoms with Gasteiger partial charge in [0.2, 0.25) is 0 Å². The molecule has 1 rings (SSSR count). The minimum atomic E-state index is 0.145. The van der Waals surface area contributed by atoms with E-state index < -0.39 is 0 Å². The summed E-state index contributed by atoms with van der Waals surface area (Å²) in [5.41, 5.74) is 1.14. The van der Waals surface area contributed by atoms with E-state index in [9.17, 15) is 0 Å². The average molecular weight is 263 g/mol. The van der Waals surface area contributed by atoms with Crippen molar-refractivity contribution in [2.75, 3.05) is 20.1 Å². The largest absolute Gasteiger partial charge is 0.355 e. The van der Waals surface area contributed by atoms with E-state index in [-0.39, 0.29) is 5.54 Å². The van der Waals surface area contributed by atoms with Crippen LogP contribution in [0.15, 0.2) is 29.4 Å². The molecule has 5 nitrogen and oxygen atoms in total. The molecule has 0 amide bonds.